The number of para-hydroxylation sites is 2. The molecule has 0 radical (unpaired) electrons. The van der Waals surface area contributed by atoms with E-state index in [0.29, 0.717) is 45.8 Å². The maximum Gasteiger partial charge on any atom is 0.262 e. The summed E-state index contributed by atoms with van der Waals surface area (Å²) in [6.07, 6.45) is 0.548. The Morgan fingerprint density at radius 2 is 1.60 bits per heavy atom. The third-order valence-corrected chi connectivity index (χ3v) is 6.27. The first-order valence-electron chi connectivity index (χ1n) is 9.23. The highest BCUT2D eigenvalue weighted by atomic mass is 35.5. The number of ether oxygens (including phenoxy) is 1. The number of nitrogens with one attached hydrogen (secondary N) is 1. The van der Waals surface area contributed by atoms with Crippen LogP contribution in [0, 0.1) is 0 Å². The van der Waals surface area contributed by atoms with Gasteiger partial charge in [0.2, 0.25) is 0 Å². The molecule has 0 bridgehead atoms. The lowest BCUT2D eigenvalue weighted by molar-refractivity contribution is 0.412. The number of rotatable bonds is 8. The fourth-order valence-electron chi connectivity index (χ4n) is 2.82. The molecule has 5 nitrogen and oxygen atoms in total. The van der Waals surface area contributed by atoms with Gasteiger partial charge in [0.05, 0.1) is 10.6 Å². The van der Waals surface area contributed by atoms with E-state index in [1.54, 1.807) is 60.7 Å². The maximum atomic E-state index is 13.2. The summed E-state index contributed by atoms with van der Waals surface area (Å²) in [4.78, 5) is 2.18. The van der Waals surface area contributed by atoms with Gasteiger partial charge in [-0.2, -0.15) is 0 Å². The van der Waals surface area contributed by atoms with Gasteiger partial charge in [0.25, 0.3) is 10.0 Å². The van der Waals surface area contributed by atoms with Crippen LogP contribution >= 0.6 is 23.2 Å². The summed E-state index contributed by atoms with van der Waals surface area (Å²) in [6, 6.07) is 18.5. The van der Waals surface area contributed by atoms with Crippen LogP contribution < -0.4 is 9.46 Å². The zero-order valence-corrected chi connectivity index (χ0v) is 18.9. The molecule has 0 heterocycles. The predicted molar refractivity (Wildman–Crippen MR) is 122 cm³/mol. The van der Waals surface area contributed by atoms with Gasteiger partial charge in [-0.1, -0.05) is 35.3 Å². The highest BCUT2D eigenvalue weighted by molar-refractivity contribution is 7.92. The first-order valence-corrected chi connectivity index (χ1v) is 11.5. The van der Waals surface area contributed by atoms with Crippen LogP contribution in [0.15, 0.2) is 71.6 Å². The molecule has 158 valence electrons. The SMILES string of the molecule is CN(C)CCc1cc(Cl)ccc1S(=O)(=O)Nc1ccccc1Oc1ccc(Cl)cc1. The van der Waals surface area contributed by atoms with E-state index in [1.165, 1.54) is 6.07 Å². The molecule has 3 rings (SSSR count). The highest BCUT2D eigenvalue weighted by Gasteiger charge is 2.21. The lowest BCUT2D eigenvalue weighted by Crippen LogP contribution is -2.19. The van der Waals surface area contributed by atoms with Crippen molar-refractivity contribution >= 4 is 38.9 Å². The topological polar surface area (TPSA) is 58.6 Å². The summed E-state index contributed by atoms with van der Waals surface area (Å²) in [6.45, 7) is 0.694. The van der Waals surface area contributed by atoms with Crippen molar-refractivity contribution in [1.29, 1.82) is 0 Å². The minimum absolute atomic E-state index is 0.190. The summed E-state index contributed by atoms with van der Waals surface area (Å²) < 4.78 is 34.9. The number of likely N-dealkylation sites (N-methyl/N-ethyl adjacent to an activating group) is 1. The largest absolute Gasteiger partial charge is 0.455 e. The van der Waals surface area contributed by atoms with Gasteiger partial charge in [-0.05, 0) is 80.7 Å². The van der Waals surface area contributed by atoms with E-state index >= 15 is 0 Å². The summed E-state index contributed by atoms with van der Waals surface area (Å²) in [5.41, 5.74) is 0.987. The molecule has 0 amide bonds. The van der Waals surface area contributed by atoms with Crippen molar-refractivity contribution in [3.8, 4) is 11.5 Å². The Kier molecular flexibility index (Phi) is 7.26. The fraction of sp³-hybridized carbons (Fsp3) is 0.182. The van der Waals surface area contributed by atoms with Gasteiger partial charge in [-0.3, -0.25) is 4.72 Å². The molecule has 0 aliphatic rings. The molecule has 0 saturated carbocycles. The second kappa shape index (κ2) is 9.71. The molecular formula is C22H22Cl2N2O3S. The molecule has 0 unspecified atom stereocenters. The van der Waals surface area contributed by atoms with Gasteiger partial charge in [-0.25, -0.2) is 8.42 Å². The second-order valence-electron chi connectivity index (χ2n) is 6.96. The quantitative estimate of drug-likeness (QED) is 0.464. The van der Waals surface area contributed by atoms with Crippen molar-refractivity contribution in [2.45, 2.75) is 11.3 Å². The Hall–Kier alpha value is -2.25. The van der Waals surface area contributed by atoms with Crippen LogP contribution in [0.3, 0.4) is 0 Å². The van der Waals surface area contributed by atoms with E-state index < -0.39 is 10.0 Å². The second-order valence-corrected chi connectivity index (χ2v) is 9.49. The summed E-state index contributed by atoms with van der Waals surface area (Å²) >= 11 is 12.0. The molecule has 0 atom stereocenters. The van der Waals surface area contributed by atoms with Crippen molar-refractivity contribution < 1.29 is 13.2 Å². The molecule has 0 aliphatic carbocycles. The number of halogens is 2. The van der Waals surface area contributed by atoms with Gasteiger partial charge in [0.1, 0.15) is 5.75 Å². The summed E-state index contributed by atoms with van der Waals surface area (Å²) in [5, 5.41) is 1.08. The van der Waals surface area contributed by atoms with E-state index in [1.807, 2.05) is 19.0 Å². The lowest BCUT2D eigenvalue weighted by atomic mass is 10.1. The van der Waals surface area contributed by atoms with E-state index in [-0.39, 0.29) is 4.90 Å². The molecular weight excluding hydrogens is 443 g/mol. The molecule has 0 aromatic heterocycles. The van der Waals surface area contributed by atoms with E-state index in [0.717, 1.165) is 0 Å². The molecule has 0 spiro atoms. The minimum Gasteiger partial charge on any atom is -0.455 e. The minimum atomic E-state index is -3.86. The van der Waals surface area contributed by atoms with Crippen molar-refractivity contribution in [1.82, 2.24) is 4.90 Å². The van der Waals surface area contributed by atoms with Gasteiger partial charge < -0.3 is 9.64 Å². The summed E-state index contributed by atoms with van der Waals surface area (Å²) in [5.74, 6) is 0.927. The average molecular weight is 465 g/mol. The van der Waals surface area contributed by atoms with E-state index in [9.17, 15) is 8.42 Å². The molecule has 3 aromatic rings. The molecule has 0 aliphatic heterocycles. The zero-order chi connectivity index (χ0) is 21.7. The van der Waals surface area contributed by atoms with Crippen LogP contribution in [0.4, 0.5) is 5.69 Å². The number of sulfonamides is 1. The van der Waals surface area contributed by atoms with Gasteiger partial charge in [0, 0.05) is 16.6 Å². The predicted octanol–water partition coefficient (Wildman–Crippen LogP) is 5.69. The highest BCUT2D eigenvalue weighted by Crippen LogP contribution is 2.32. The van der Waals surface area contributed by atoms with Crippen LogP contribution in [0.1, 0.15) is 5.56 Å². The summed E-state index contributed by atoms with van der Waals surface area (Å²) in [7, 11) is 0.00532. The normalized spacial score (nSPS) is 11.5. The molecule has 3 aromatic carbocycles. The Bertz CT molecular complexity index is 1120. The Labute approximate surface area is 187 Å². The number of nitrogens with zero attached hydrogens (tertiary/aromatic N) is 1. The Balaban J connectivity index is 1.90. The van der Waals surface area contributed by atoms with Crippen molar-refractivity contribution in [2.75, 3.05) is 25.4 Å². The first-order chi connectivity index (χ1) is 14.2. The van der Waals surface area contributed by atoms with E-state index in [2.05, 4.69) is 4.72 Å². The van der Waals surface area contributed by atoms with Gasteiger partial charge in [0.15, 0.2) is 5.75 Å². The van der Waals surface area contributed by atoms with Gasteiger partial charge >= 0.3 is 0 Å². The molecule has 8 heteroatoms. The monoisotopic (exact) mass is 464 g/mol. The number of hydrogen-bond acceptors (Lipinski definition) is 4. The molecule has 0 saturated heterocycles. The van der Waals surface area contributed by atoms with Crippen LogP contribution in [-0.2, 0) is 16.4 Å². The van der Waals surface area contributed by atoms with Crippen LogP contribution in [-0.4, -0.2) is 34.0 Å². The third-order valence-electron chi connectivity index (χ3n) is 4.31. The average Bonchev–Trinajstić information content (AvgIpc) is 2.69. The van der Waals surface area contributed by atoms with Crippen LogP contribution in [0.5, 0.6) is 11.5 Å². The zero-order valence-electron chi connectivity index (χ0n) is 16.6. The molecule has 1 N–H and O–H groups in total. The third kappa shape index (κ3) is 5.89. The van der Waals surface area contributed by atoms with Crippen molar-refractivity contribution in [3.05, 3.63) is 82.3 Å². The lowest BCUT2D eigenvalue weighted by Gasteiger charge is -2.16. The smallest absolute Gasteiger partial charge is 0.262 e. The number of hydrogen-bond donors (Lipinski definition) is 1. The van der Waals surface area contributed by atoms with Crippen LogP contribution in [0.25, 0.3) is 0 Å². The van der Waals surface area contributed by atoms with Crippen molar-refractivity contribution in [3.63, 3.8) is 0 Å². The Morgan fingerprint density at radius 1 is 0.933 bits per heavy atom. The molecule has 0 fully saturated rings. The standard InChI is InChI=1S/C22H22Cl2N2O3S/c1-26(2)14-13-16-15-18(24)9-12-22(16)30(27,28)25-20-5-3-4-6-21(20)29-19-10-7-17(23)8-11-19/h3-12,15,25H,13-14H2,1-2H3. The number of anilines is 1. The van der Waals surface area contributed by atoms with E-state index in [4.69, 9.17) is 27.9 Å². The van der Waals surface area contributed by atoms with Crippen LogP contribution in [0.2, 0.25) is 10.0 Å². The molecule has 30 heavy (non-hydrogen) atoms. The maximum absolute atomic E-state index is 13.2. The number of benzene rings is 3. The Morgan fingerprint density at radius 3 is 2.30 bits per heavy atom. The fourth-order valence-corrected chi connectivity index (χ4v) is 4.46. The first kappa shape index (κ1) is 22.4. The van der Waals surface area contributed by atoms with Gasteiger partial charge in [-0.15, -0.1) is 0 Å². The van der Waals surface area contributed by atoms with Crippen molar-refractivity contribution in [2.24, 2.45) is 0 Å².